The normalized spacial score (nSPS) is 11.0. The highest BCUT2D eigenvalue weighted by molar-refractivity contribution is 9.14. The van der Waals surface area contributed by atoms with Crippen LogP contribution in [-0.4, -0.2) is 39.2 Å². The minimum Gasteiger partial charge on any atom is -0.0991 e. The van der Waals surface area contributed by atoms with Gasteiger partial charge in [0.2, 0.25) is 0 Å². The third-order valence-corrected chi connectivity index (χ3v) is 10.8. The average molecular weight is 636 g/mol. The van der Waals surface area contributed by atoms with E-state index in [2.05, 4.69) is 119 Å². The van der Waals surface area contributed by atoms with E-state index in [1.807, 2.05) is 0 Å². The summed E-state index contributed by atoms with van der Waals surface area (Å²) < 4.78 is 5.80. The van der Waals surface area contributed by atoms with Crippen LogP contribution in [0.3, 0.4) is 0 Å². The van der Waals surface area contributed by atoms with Crippen LogP contribution in [0.15, 0.2) is 22.4 Å². The molecular weight excluding hydrogens is 622 g/mol. The van der Waals surface area contributed by atoms with Gasteiger partial charge in [0.15, 0.2) is 0 Å². The molecule has 0 aliphatic rings. The standard InChI is InChI=1S/C14H14B5Br5/c15-5-3(12(22)14(24)13(23)7(5)17)1-2-4-10(20)8(18)6(16)9(19)11(4)21/h1-2,15-19H2. The smallest absolute Gasteiger partial charge is 0.0991 e. The zero-order valence-electron chi connectivity index (χ0n) is 14.3. The summed E-state index contributed by atoms with van der Waals surface area (Å²) in [6.07, 6.45) is 1.97. The molecule has 0 aliphatic carbocycles. The molecule has 0 atom stereocenters. The van der Waals surface area contributed by atoms with Crippen LogP contribution >= 0.6 is 79.6 Å². The number of rotatable bonds is 3. The average Bonchev–Trinajstić information content (AvgIpc) is 2.57. The molecule has 0 fully saturated rings. The summed E-state index contributed by atoms with van der Waals surface area (Å²) in [5.41, 5.74) is 9.33. The van der Waals surface area contributed by atoms with E-state index >= 15 is 0 Å². The van der Waals surface area contributed by atoms with Gasteiger partial charge in [-0.2, -0.15) is 0 Å². The molecule has 2 rings (SSSR count). The van der Waals surface area contributed by atoms with Crippen LogP contribution in [-0.2, 0) is 12.8 Å². The summed E-state index contributed by atoms with van der Waals surface area (Å²) in [5, 5.41) is 0. The molecule has 24 heavy (non-hydrogen) atoms. The highest BCUT2D eigenvalue weighted by Gasteiger charge is 2.18. The second kappa shape index (κ2) is 8.45. The molecule has 0 heterocycles. The fourth-order valence-corrected chi connectivity index (χ4v) is 6.52. The molecule has 0 spiro atoms. The van der Waals surface area contributed by atoms with E-state index in [1.165, 1.54) is 47.4 Å². The van der Waals surface area contributed by atoms with Crippen molar-refractivity contribution in [2.24, 2.45) is 0 Å². The molecule has 0 saturated heterocycles. The minimum atomic E-state index is 0.982. The largest absolute Gasteiger partial charge is 0.140 e. The van der Waals surface area contributed by atoms with Gasteiger partial charge >= 0.3 is 0 Å². The Morgan fingerprint density at radius 1 is 0.417 bits per heavy atom. The van der Waals surface area contributed by atoms with Crippen molar-refractivity contribution in [3.05, 3.63) is 33.5 Å². The van der Waals surface area contributed by atoms with Crippen molar-refractivity contribution in [1.82, 2.24) is 0 Å². The van der Waals surface area contributed by atoms with E-state index in [-0.39, 0.29) is 0 Å². The quantitative estimate of drug-likeness (QED) is 0.287. The lowest BCUT2D eigenvalue weighted by Gasteiger charge is -2.20. The molecule has 0 radical (unpaired) electrons. The molecular formula is C14H14B5Br5. The van der Waals surface area contributed by atoms with Crippen molar-refractivity contribution in [1.29, 1.82) is 0 Å². The molecule has 0 unspecified atom stereocenters. The van der Waals surface area contributed by atoms with Crippen LogP contribution in [0.1, 0.15) is 11.1 Å². The predicted octanol–water partition coefficient (Wildman–Crippen LogP) is -1.42. The predicted molar refractivity (Wildman–Crippen MR) is 140 cm³/mol. The lowest BCUT2D eigenvalue weighted by Crippen LogP contribution is -2.41. The van der Waals surface area contributed by atoms with Crippen molar-refractivity contribution in [3.63, 3.8) is 0 Å². The van der Waals surface area contributed by atoms with Gasteiger partial charge in [0.05, 0.1) is 0 Å². The Hall–Kier alpha value is 1.16. The van der Waals surface area contributed by atoms with E-state index in [9.17, 15) is 0 Å². The second-order valence-electron chi connectivity index (χ2n) is 6.15. The Kier molecular flexibility index (Phi) is 7.56. The Morgan fingerprint density at radius 3 is 1.33 bits per heavy atom. The van der Waals surface area contributed by atoms with E-state index in [0.717, 1.165) is 26.3 Å². The molecule has 0 amide bonds. The van der Waals surface area contributed by atoms with Crippen LogP contribution in [0, 0.1) is 0 Å². The van der Waals surface area contributed by atoms with Crippen molar-refractivity contribution in [2.45, 2.75) is 12.8 Å². The Bertz CT molecular complexity index is 710. The fraction of sp³-hybridized carbons (Fsp3) is 0.143. The molecule has 0 aliphatic heterocycles. The van der Waals surface area contributed by atoms with Crippen LogP contribution in [0.4, 0.5) is 0 Å². The molecule has 0 nitrogen and oxygen atoms in total. The summed E-state index contributed by atoms with van der Waals surface area (Å²) in [5.74, 6) is 0. The first-order valence-corrected chi connectivity index (χ1v) is 11.6. The van der Waals surface area contributed by atoms with Gasteiger partial charge in [0, 0.05) is 22.4 Å². The van der Waals surface area contributed by atoms with Gasteiger partial charge in [-0.25, -0.2) is 0 Å². The summed E-state index contributed by atoms with van der Waals surface area (Å²) in [6.45, 7) is 0. The van der Waals surface area contributed by atoms with E-state index < -0.39 is 0 Å². The van der Waals surface area contributed by atoms with Gasteiger partial charge in [-0.3, -0.25) is 0 Å². The fourth-order valence-electron chi connectivity index (χ4n) is 2.88. The maximum atomic E-state index is 3.81. The van der Waals surface area contributed by atoms with Crippen LogP contribution in [0.5, 0.6) is 0 Å². The molecule has 2 aromatic carbocycles. The molecule has 120 valence electrons. The first kappa shape index (κ1) is 21.5. The van der Waals surface area contributed by atoms with Gasteiger partial charge in [-0.05, 0) is 55.8 Å². The molecule has 0 aromatic heterocycles. The third kappa shape index (κ3) is 3.88. The topological polar surface area (TPSA) is 0 Å². The van der Waals surface area contributed by atoms with E-state index in [1.54, 1.807) is 0 Å². The zero-order chi connectivity index (χ0) is 18.3. The second-order valence-corrected chi connectivity index (χ2v) is 10.1. The number of hydrogen-bond acceptors (Lipinski definition) is 0. The molecule has 10 heteroatoms. The van der Waals surface area contributed by atoms with Crippen LogP contribution < -0.4 is 27.3 Å². The van der Waals surface area contributed by atoms with Crippen molar-refractivity contribution < 1.29 is 0 Å². The lowest BCUT2D eigenvalue weighted by atomic mass is 9.71. The van der Waals surface area contributed by atoms with Crippen LogP contribution in [0.25, 0.3) is 0 Å². The Balaban J connectivity index is 2.48. The first-order valence-electron chi connectivity index (χ1n) is 7.65. The minimum absolute atomic E-state index is 0.982. The summed E-state index contributed by atoms with van der Waals surface area (Å²) in [7, 11) is 10.9. The van der Waals surface area contributed by atoms with Crippen molar-refractivity contribution in [2.75, 3.05) is 0 Å². The number of hydrogen-bond donors (Lipinski definition) is 0. The Morgan fingerprint density at radius 2 is 0.833 bits per heavy atom. The summed E-state index contributed by atoms with van der Waals surface area (Å²) in [4.78, 5) is 0. The van der Waals surface area contributed by atoms with E-state index in [4.69, 9.17) is 0 Å². The first-order chi connectivity index (χ1) is 11.1. The molecule has 2 aromatic rings. The van der Waals surface area contributed by atoms with Crippen molar-refractivity contribution in [3.8, 4) is 0 Å². The SMILES string of the molecule is Bc1c(B)c(Br)c(CCc2c(B)c(B)c(Br)c(Br)c2Br)c(Br)c1B. The van der Waals surface area contributed by atoms with Crippen molar-refractivity contribution >= 4 is 146 Å². The van der Waals surface area contributed by atoms with Gasteiger partial charge in [0.1, 0.15) is 39.2 Å². The molecule has 0 saturated carbocycles. The summed E-state index contributed by atoms with van der Waals surface area (Å²) in [6, 6.07) is 0. The number of halogens is 5. The van der Waals surface area contributed by atoms with Crippen LogP contribution in [0.2, 0.25) is 0 Å². The maximum Gasteiger partial charge on any atom is 0.140 e. The van der Waals surface area contributed by atoms with Gasteiger partial charge in [0.25, 0.3) is 0 Å². The maximum absolute atomic E-state index is 3.81. The zero-order valence-corrected chi connectivity index (χ0v) is 22.2. The van der Waals surface area contributed by atoms with Gasteiger partial charge in [-0.1, -0.05) is 75.1 Å². The highest BCUT2D eigenvalue weighted by atomic mass is 79.9. The van der Waals surface area contributed by atoms with E-state index in [0.29, 0.717) is 0 Å². The molecule has 0 bridgehead atoms. The monoisotopic (exact) mass is 632 g/mol. The Labute approximate surface area is 190 Å². The number of benzene rings is 2. The molecule has 0 N–H and O–H groups in total. The third-order valence-electron chi connectivity index (χ3n) is 4.93. The van der Waals surface area contributed by atoms with Gasteiger partial charge in [-0.15, -0.1) is 0 Å². The lowest BCUT2D eigenvalue weighted by molar-refractivity contribution is 0.952. The highest BCUT2D eigenvalue weighted by Crippen LogP contribution is 2.32. The van der Waals surface area contributed by atoms with Gasteiger partial charge < -0.3 is 0 Å². The summed E-state index contributed by atoms with van der Waals surface area (Å²) >= 11 is 18.7.